The number of nitrogens with zero attached hydrogens (tertiary/aromatic N) is 1. The van der Waals surface area contributed by atoms with Crippen LogP contribution in [0.15, 0.2) is 76.1 Å². The van der Waals surface area contributed by atoms with E-state index in [0.717, 1.165) is 27.4 Å². The summed E-state index contributed by atoms with van der Waals surface area (Å²) in [4.78, 5) is 40.6. The molecule has 212 valence electrons. The van der Waals surface area contributed by atoms with Gasteiger partial charge in [0.05, 0.1) is 28.1 Å². The topological polar surface area (TPSA) is 91.4 Å². The smallest absolute Gasteiger partial charge is 0.344 e. The number of ether oxygens (including phenoxy) is 4. The molecule has 0 aromatic heterocycles. The predicted octanol–water partition coefficient (Wildman–Crippen LogP) is 7.84. The van der Waals surface area contributed by atoms with Gasteiger partial charge in [-0.3, -0.25) is 14.5 Å². The van der Waals surface area contributed by atoms with Gasteiger partial charge in [0.2, 0.25) is 6.79 Å². The van der Waals surface area contributed by atoms with Gasteiger partial charge in [-0.05, 0) is 86.9 Å². The van der Waals surface area contributed by atoms with Crippen molar-refractivity contribution in [1.82, 2.24) is 4.90 Å². The molecule has 0 saturated carbocycles. The minimum absolute atomic E-state index is 0.0194. The van der Waals surface area contributed by atoms with Gasteiger partial charge < -0.3 is 18.9 Å². The van der Waals surface area contributed by atoms with Crippen LogP contribution in [0.1, 0.15) is 28.4 Å². The van der Waals surface area contributed by atoms with Crippen molar-refractivity contribution < 1.29 is 33.3 Å². The van der Waals surface area contributed by atoms with Gasteiger partial charge in [0.25, 0.3) is 11.1 Å². The Hall–Kier alpha value is -3.99. The van der Waals surface area contributed by atoms with Crippen LogP contribution in [0.25, 0.3) is 16.8 Å². The number of halogens is 2. The Morgan fingerprint density at radius 2 is 1.83 bits per heavy atom. The first-order valence-corrected chi connectivity index (χ1v) is 14.8. The summed E-state index contributed by atoms with van der Waals surface area (Å²) in [5, 5.41) is 1.63. The van der Waals surface area contributed by atoms with E-state index in [4.69, 9.17) is 30.5 Å². The van der Waals surface area contributed by atoms with Gasteiger partial charge in [0.15, 0.2) is 23.0 Å². The molecule has 1 fully saturated rings. The molecule has 0 unspecified atom stereocenters. The maximum atomic E-state index is 13.2. The molecule has 0 spiro atoms. The summed E-state index contributed by atoms with van der Waals surface area (Å²) in [6, 6.07) is 19.6. The first-order valence-electron chi connectivity index (χ1n) is 12.8. The molecule has 0 bridgehead atoms. The number of benzene rings is 4. The van der Waals surface area contributed by atoms with Crippen LogP contribution in [0.4, 0.5) is 4.79 Å². The highest BCUT2D eigenvalue weighted by atomic mass is 79.9. The minimum atomic E-state index is -0.537. The average Bonchev–Trinajstić information content (AvgIpc) is 3.53. The van der Waals surface area contributed by atoms with Gasteiger partial charge in [0, 0.05) is 11.1 Å². The van der Waals surface area contributed by atoms with E-state index >= 15 is 0 Å². The lowest BCUT2D eigenvalue weighted by atomic mass is 10.0. The molecular formula is C31H21BrClNO7S. The molecule has 2 amide bonds. The molecular weight excluding hydrogens is 646 g/mol. The molecule has 0 aliphatic carbocycles. The minimum Gasteiger partial charge on any atom is -0.490 e. The first-order chi connectivity index (χ1) is 20.3. The van der Waals surface area contributed by atoms with Crippen LogP contribution >= 0.6 is 39.3 Å². The van der Waals surface area contributed by atoms with Crippen molar-refractivity contribution in [1.29, 1.82) is 0 Å². The van der Waals surface area contributed by atoms with Gasteiger partial charge in [-0.15, -0.1) is 0 Å². The fourth-order valence-electron chi connectivity index (χ4n) is 4.62. The van der Waals surface area contributed by atoms with E-state index in [0.29, 0.717) is 50.0 Å². The summed E-state index contributed by atoms with van der Waals surface area (Å²) in [5.74, 6) is 0.533. The number of amides is 2. The zero-order valence-corrected chi connectivity index (χ0v) is 25.2. The predicted molar refractivity (Wildman–Crippen MR) is 163 cm³/mol. The summed E-state index contributed by atoms with van der Waals surface area (Å²) in [6.07, 6.45) is 1.59. The third-order valence-electron chi connectivity index (χ3n) is 6.58. The molecule has 4 aromatic rings. The number of thioether (sulfide) groups is 1. The molecule has 4 aromatic carbocycles. The molecule has 6 rings (SSSR count). The highest BCUT2D eigenvalue weighted by molar-refractivity contribution is 9.10. The van der Waals surface area contributed by atoms with Gasteiger partial charge in [-0.1, -0.05) is 48.0 Å². The van der Waals surface area contributed by atoms with E-state index in [2.05, 4.69) is 15.9 Å². The van der Waals surface area contributed by atoms with Crippen LogP contribution < -0.4 is 18.9 Å². The molecule has 8 nitrogen and oxygen atoms in total. The number of rotatable bonds is 7. The van der Waals surface area contributed by atoms with Crippen LogP contribution in [0.5, 0.6) is 23.0 Å². The number of esters is 1. The highest BCUT2D eigenvalue weighted by Crippen LogP contribution is 2.42. The fourth-order valence-corrected chi connectivity index (χ4v) is 6.22. The summed E-state index contributed by atoms with van der Waals surface area (Å²) in [6.45, 7) is 2.18. The van der Waals surface area contributed by atoms with Crippen molar-refractivity contribution in [2.75, 3.05) is 13.4 Å². The molecule has 42 heavy (non-hydrogen) atoms. The third-order valence-corrected chi connectivity index (χ3v) is 8.43. The Bertz CT molecular complexity index is 1800. The molecule has 2 aliphatic heterocycles. The lowest BCUT2D eigenvalue weighted by Gasteiger charge is -2.15. The van der Waals surface area contributed by atoms with Crippen molar-refractivity contribution in [3.63, 3.8) is 0 Å². The van der Waals surface area contributed by atoms with Crippen molar-refractivity contribution in [2.45, 2.75) is 13.5 Å². The first kappa shape index (κ1) is 28.1. The lowest BCUT2D eigenvalue weighted by molar-refractivity contribution is -0.123. The SMILES string of the molecule is CCOc1cc(/C=C2\SC(=O)N(Cc3cc4c(cc3Cl)OCO4)C2=O)cc(Br)c1OC(=O)c1cccc2ccccc12. The van der Waals surface area contributed by atoms with E-state index in [1.165, 1.54) is 0 Å². The van der Waals surface area contributed by atoms with Crippen LogP contribution in [0.3, 0.4) is 0 Å². The summed E-state index contributed by atoms with van der Waals surface area (Å²) in [7, 11) is 0. The zero-order valence-electron chi connectivity index (χ0n) is 22.0. The maximum absolute atomic E-state index is 13.2. The standard InChI is InChI=1S/C31H21BrClNO7S/c1-2-38-26-11-17(10-22(32)28(26)41-30(36)21-9-5-7-18-6-3-4-8-20(18)21)12-27-29(35)34(31(37)42-27)15-19-13-24-25(14-23(19)33)40-16-39-24/h3-14H,2,15-16H2,1H3/b27-12-. The molecule has 2 heterocycles. The average molecular weight is 667 g/mol. The number of fused-ring (bicyclic) bond motifs is 2. The van der Waals surface area contributed by atoms with Gasteiger partial charge in [-0.25, -0.2) is 4.79 Å². The second-order valence-electron chi connectivity index (χ2n) is 9.24. The van der Waals surface area contributed by atoms with Crippen LogP contribution in [0.2, 0.25) is 5.02 Å². The largest absolute Gasteiger partial charge is 0.490 e. The van der Waals surface area contributed by atoms with E-state index in [-0.39, 0.29) is 24.0 Å². The fraction of sp³-hybridized carbons (Fsp3) is 0.129. The molecule has 0 radical (unpaired) electrons. The second kappa shape index (κ2) is 11.7. The van der Waals surface area contributed by atoms with Crippen molar-refractivity contribution in [3.05, 3.63) is 97.8 Å². The van der Waals surface area contributed by atoms with Gasteiger partial charge in [0.1, 0.15) is 0 Å². The van der Waals surface area contributed by atoms with Crippen LogP contribution in [0, 0.1) is 0 Å². The van der Waals surface area contributed by atoms with Crippen LogP contribution in [-0.2, 0) is 11.3 Å². The van der Waals surface area contributed by atoms with E-state index < -0.39 is 17.1 Å². The van der Waals surface area contributed by atoms with Crippen molar-refractivity contribution in [2.24, 2.45) is 0 Å². The van der Waals surface area contributed by atoms with Gasteiger partial charge >= 0.3 is 5.97 Å². The normalized spacial score (nSPS) is 15.1. The van der Waals surface area contributed by atoms with Crippen LogP contribution in [-0.4, -0.2) is 35.4 Å². The monoisotopic (exact) mass is 665 g/mol. The van der Waals surface area contributed by atoms with Crippen molar-refractivity contribution in [3.8, 4) is 23.0 Å². The van der Waals surface area contributed by atoms with Gasteiger partial charge in [-0.2, -0.15) is 0 Å². The quantitative estimate of drug-likeness (QED) is 0.112. The second-order valence-corrected chi connectivity index (χ2v) is 11.5. The van der Waals surface area contributed by atoms with E-state index in [9.17, 15) is 14.4 Å². The number of hydrogen-bond donors (Lipinski definition) is 0. The number of imide groups is 1. The molecule has 0 N–H and O–H groups in total. The van der Waals surface area contributed by atoms with E-state index in [1.54, 1.807) is 42.5 Å². The number of carbonyl (C=O) groups excluding carboxylic acids is 3. The molecule has 0 atom stereocenters. The Morgan fingerprint density at radius 3 is 2.64 bits per heavy atom. The zero-order chi connectivity index (χ0) is 29.4. The Morgan fingerprint density at radius 1 is 1.07 bits per heavy atom. The summed E-state index contributed by atoms with van der Waals surface area (Å²) in [5.41, 5.74) is 1.55. The number of hydrogen-bond acceptors (Lipinski definition) is 8. The Balaban J connectivity index is 1.26. The highest BCUT2D eigenvalue weighted by Gasteiger charge is 2.36. The molecule has 1 saturated heterocycles. The number of carbonyl (C=O) groups is 3. The van der Waals surface area contributed by atoms with E-state index in [1.807, 2.05) is 37.3 Å². The summed E-state index contributed by atoms with van der Waals surface area (Å²) >= 11 is 10.7. The Labute approximate surface area is 258 Å². The lowest BCUT2D eigenvalue weighted by Crippen LogP contribution is -2.27. The molecule has 11 heteroatoms. The maximum Gasteiger partial charge on any atom is 0.344 e. The third kappa shape index (κ3) is 5.45. The molecule has 2 aliphatic rings. The Kier molecular flexibility index (Phi) is 7.85. The summed E-state index contributed by atoms with van der Waals surface area (Å²) < 4.78 is 22.8. The van der Waals surface area contributed by atoms with Crippen molar-refractivity contribution >= 4 is 73.3 Å².